The first-order chi connectivity index (χ1) is 10.1. The van der Waals surface area contributed by atoms with Crippen molar-refractivity contribution in [2.75, 3.05) is 6.61 Å². The lowest BCUT2D eigenvalue weighted by Gasteiger charge is -2.09. The summed E-state index contributed by atoms with van der Waals surface area (Å²) in [5, 5.41) is 0.671. The van der Waals surface area contributed by atoms with E-state index in [9.17, 15) is 4.79 Å². The highest BCUT2D eigenvalue weighted by Gasteiger charge is 2.14. The van der Waals surface area contributed by atoms with Gasteiger partial charge in [0.2, 0.25) is 0 Å². The molecule has 0 amide bonds. The average Bonchev–Trinajstić information content (AvgIpc) is 2.93. The maximum Gasteiger partial charge on any atom is 0.200 e. The zero-order valence-corrected chi connectivity index (χ0v) is 12.7. The number of ether oxygens (including phenoxy) is 1. The molecule has 0 saturated heterocycles. The van der Waals surface area contributed by atoms with E-state index in [1.807, 2.05) is 25.1 Å². The Morgan fingerprint density at radius 2 is 1.95 bits per heavy atom. The van der Waals surface area contributed by atoms with Gasteiger partial charge in [-0.2, -0.15) is 0 Å². The second-order valence-electron chi connectivity index (χ2n) is 5.46. The second kappa shape index (κ2) is 5.90. The largest absolute Gasteiger partial charge is 0.485 e. The van der Waals surface area contributed by atoms with Gasteiger partial charge in [0, 0.05) is 10.6 Å². The number of fused-ring (bicyclic) bond motifs is 1. The van der Waals surface area contributed by atoms with Crippen molar-refractivity contribution < 1.29 is 9.53 Å². The van der Waals surface area contributed by atoms with Crippen LogP contribution in [-0.2, 0) is 12.8 Å². The Morgan fingerprint density at radius 1 is 1.14 bits per heavy atom. The van der Waals surface area contributed by atoms with E-state index in [1.165, 1.54) is 17.5 Å². The van der Waals surface area contributed by atoms with Crippen LogP contribution >= 0.6 is 11.6 Å². The highest BCUT2D eigenvalue weighted by atomic mass is 35.5. The number of carbonyl (C=O) groups is 1. The molecule has 0 bridgehead atoms. The first kappa shape index (κ1) is 14.2. The molecule has 3 heteroatoms. The molecule has 0 atom stereocenters. The van der Waals surface area contributed by atoms with Crippen molar-refractivity contribution in [3.63, 3.8) is 0 Å². The maximum atomic E-state index is 12.2. The molecule has 2 nitrogen and oxygen atoms in total. The monoisotopic (exact) mass is 300 g/mol. The minimum absolute atomic E-state index is 0.0130. The summed E-state index contributed by atoms with van der Waals surface area (Å²) in [6.45, 7) is 1.97. The van der Waals surface area contributed by atoms with E-state index in [4.69, 9.17) is 16.3 Å². The van der Waals surface area contributed by atoms with E-state index in [0.717, 1.165) is 24.0 Å². The van der Waals surface area contributed by atoms with Crippen molar-refractivity contribution in [3.05, 3.63) is 63.7 Å². The predicted molar refractivity (Wildman–Crippen MR) is 84.5 cm³/mol. The molecule has 0 aliphatic heterocycles. The van der Waals surface area contributed by atoms with Crippen molar-refractivity contribution in [2.24, 2.45) is 0 Å². The predicted octanol–water partition coefficient (Wildman–Crippen LogP) is 4.40. The summed E-state index contributed by atoms with van der Waals surface area (Å²) in [6.07, 6.45) is 3.39. The van der Waals surface area contributed by atoms with Crippen LogP contribution in [0.2, 0.25) is 5.02 Å². The smallest absolute Gasteiger partial charge is 0.200 e. The normalized spacial score (nSPS) is 13.0. The van der Waals surface area contributed by atoms with E-state index in [-0.39, 0.29) is 12.4 Å². The molecular formula is C18H17ClO2. The fourth-order valence-electron chi connectivity index (χ4n) is 2.75. The summed E-state index contributed by atoms with van der Waals surface area (Å²) in [7, 11) is 0. The molecule has 0 fully saturated rings. The van der Waals surface area contributed by atoms with Crippen LogP contribution in [-0.4, -0.2) is 12.4 Å². The standard InChI is InChI=1S/C18H17ClO2/c1-12-9-16(19)7-8-18(12)21-11-17(20)15-6-5-13-3-2-4-14(13)10-15/h5-10H,2-4,11H2,1H3. The Morgan fingerprint density at radius 3 is 2.76 bits per heavy atom. The molecule has 0 radical (unpaired) electrons. The summed E-state index contributed by atoms with van der Waals surface area (Å²) in [4.78, 5) is 12.2. The Kier molecular flexibility index (Phi) is 3.98. The van der Waals surface area contributed by atoms with E-state index < -0.39 is 0 Å². The summed E-state index contributed by atoms with van der Waals surface area (Å²) >= 11 is 5.91. The number of ketones is 1. The van der Waals surface area contributed by atoms with Crippen molar-refractivity contribution in [1.29, 1.82) is 0 Å². The molecule has 108 valence electrons. The fraction of sp³-hybridized carbons (Fsp3) is 0.278. The summed E-state index contributed by atoms with van der Waals surface area (Å²) in [5.41, 5.74) is 4.36. The summed E-state index contributed by atoms with van der Waals surface area (Å²) in [6, 6.07) is 11.4. The zero-order chi connectivity index (χ0) is 14.8. The van der Waals surface area contributed by atoms with E-state index in [1.54, 1.807) is 12.1 Å². The van der Waals surface area contributed by atoms with Crippen molar-refractivity contribution in [3.8, 4) is 5.75 Å². The molecule has 21 heavy (non-hydrogen) atoms. The molecule has 3 rings (SSSR count). The van der Waals surface area contributed by atoms with Crippen LogP contribution in [0.15, 0.2) is 36.4 Å². The van der Waals surface area contributed by atoms with Crippen molar-refractivity contribution in [2.45, 2.75) is 26.2 Å². The molecular weight excluding hydrogens is 284 g/mol. The maximum absolute atomic E-state index is 12.2. The molecule has 2 aromatic rings. The molecule has 0 N–H and O–H groups in total. The van der Waals surface area contributed by atoms with Gasteiger partial charge in [-0.15, -0.1) is 0 Å². The number of halogens is 1. The zero-order valence-electron chi connectivity index (χ0n) is 12.0. The molecule has 0 unspecified atom stereocenters. The molecule has 0 saturated carbocycles. The molecule has 0 aromatic heterocycles. The number of Topliss-reactive ketones (excluding diaryl/α,β-unsaturated/α-hetero) is 1. The third kappa shape index (κ3) is 3.11. The van der Waals surface area contributed by atoms with E-state index in [0.29, 0.717) is 10.8 Å². The Hall–Kier alpha value is -1.80. The first-order valence-electron chi connectivity index (χ1n) is 7.17. The van der Waals surface area contributed by atoms with Crippen LogP contribution in [0, 0.1) is 6.92 Å². The highest BCUT2D eigenvalue weighted by Crippen LogP contribution is 2.24. The first-order valence-corrected chi connectivity index (χ1v) is 7.55. The quantitative estimate of drug-likeness (QED) is 0.782. The minimum Gasteiger partial charge on any atom is -0.485 e. The van der Waals surface area contributed by atoms with Gasteiger partial charge < -0.3 is 4.74 Å². The number of hydrogen-bond acceptors (Lipinski definition) is 2. The van der Waals surface area contributed by atoms with E-state index in [2.05, 4.69) is 6.07 Å². The minimum atomic E-state index is 0.0130. The number of benzene rings is 2. The third-order valence-electron chi connectivity index (χ3n) is 3.92. The van der Waals surface area contributed by atoms with Crippen LogP contribution in [0.1, 0.15) is 33.5 Å². The Bertz CT molecular complexity index is 692. The van der Waals surface area contributed by atoms with Crippen LogP contribution in [0.5, 0.6) is 5.75 Å². The van der Waals surface area contributed by atoms with Crippen molar-refractivity contribution in [1.82, 2.24) is 0 Å². The van der Waals surface area contributed by atoms with E-state index >= 15 is 0 Å². The fourth-order valence-corrected chi connectivity index (χ4v) is 2.97. The molecule has 1 aliphatic carbocycles. The topological polar surface area (TPSA) is 26.3 Å². The highest BCUT2D eigenvalue weighted by molar-refractivity contribution is 6.30. The van der Waals surface area contributed by atoms with Gasteiger partial charge in [0.1, 0.15) is 5.75 Å². The number of rotatable bonds is 4. The lowest BCUT2D eigenvalue weighted by molar-refractivity contribution is 0.0921. The van der Waals surface area contributed by atoms with Crippen LogP contribution in [0.4, 0.5) is 0 Å². The Balaban J connectivity index is 1.69. The van der Waals surface area contributed by atoms with Gasteiger partial charge in [-0.3, -0.25) is 4.79 Å². The van der Waals surface area contributed by atoms with Gasteiger partial charge in [0.05, 0.1) is 0 Å². The van der Waals surface area contributed by atoms with Gasteiger partial charge in [-0.25, -0.2) is 0 Å². The van der Waals surface area contributed by atoms with Gasteiger partial charge in [0.15, 0.2) is 12.4 Å². The second-order valence-corrected chi connectivity index (χ2v) is 5.90. The van der Waals surface area contributed by atoms with Crippen LogP contribution in [0.25, 0.3) is 0 Å². The average molecular weight is 301 g/mol. The molecule has 2 aromatic carbocycles. The molecule has 0 spiro atoms. The number of aryl methyl sites for hydroxylation is 3. The van der Waals surface area contributed by atoms with Crippen LogP contribution < -0.4 is 4.74 Å². The van der Waals surface area contributed by atoms with Crippen molar-refractivity contribution >= 4 is 17.4 Å². The summed E-state index contributed by atoms with van der Waals surface area (Å²) in [5.74, 6) is 0.716. The lowest BCUT2D eigenvalue weighted by atomic mass is 10.0. The molecule has 1 aliphatic rings. The Labute approximate surface area is 129 Å². The number of carbonyl (C=O) groups excluding carboxylic acids is 1. The molecule has 0 heterocycles. The number of hydrogen-bond donors (Lipinski definition) is 0. The third-order valence-corrected chi connectivity index (χ3v) is 4.15. The lowest BCUT2D eigenvalue weighted by Crippen LogP contribution is -2.12. The van der Waals surface area contributed by atoms with Crippen LogP contribution in [0.3, 0.4) is 0 Å². The van der Waals surface area contributed by atoms with Gasteiger partial charge in [-0.1, -0.05) is 23.7 Å². The van der Waals surface area contributed by atoms with Gasteiger partial charge >= 0.3 is 0 Å². The summed E-state index contributed by atoms with van der Waals surface area (Å²) < 4.78 is 5.62. The van der Waals surface area contributed by atoms with Gasteiger partial charge in [0.25, 0.3) is 0 Å². The SMILES string of the molecule is Cc1cc(Cl)ccc1OCC(=O)c1ccc2c(c1)CCC2. The van der Waals surface area contributed by atoms with Gasteiger partial charge in [-0.05, 0) is 67.1 Å².